The van der Waals surface area contributed by atoms with Crippen LogP contribution in [0.15, 0.2) is 35.3 Å². The fourth-order valence-corrected chi connectivity index (χ4v) is 3.45. The fourth-order valence-electron chi connectivity index (χ4n) is 3.27. The number of rotatable bonds is 7. The summed E-state index contributed by atoms with van der Waals surface area (Å²) < 4.78 is 21.1. The van der Waals surface area contributed by atoms with E-state index in [0.717, 1.165) is 0 Å². The highest BCUT2D eigenvalue weighted by Crippen LogP contribution is 2.33. The van der Waals surface area contributed by atoms with E-state index < -0.39 is 28.8 Å². The molecule has 1 atom stereocenters. The number of nitrogens with zero attached hydrogens (tertiary/aromatic N) is 2. The minimum atomic E-state index is -1.41. The highest BCUT2D eigenvalue weighted by molar-refractivity contribution is 6.31. The number of aromatic nitrogens is 2. The van der Waals surface area contributed by atoms with Gasteiger partial charge < -0.3 is 24.8 Å². The molecule has 0 aliphatic rings. The molecule has 2 aromatic heterocycles. The van der Waals surface area contributed by atoms with E-state index in [0.29, 0.717) is 0 Å². The number of fused-ring (bicyclic) bond motifs is 1. The van der Waals surface area contributed by atoms with E-state index in [9.17, 15) is 24.2 Å². The Morgan fingerprint density at radius 1 is 1.35 bits per heavy atom. The van der Waals surface area contributed by atoms with Gasteiger partial charge in [0.15, 0.2) is 5.82 Å². The summed E-state index contributed by atoms with van der Waals surface area (Å²) in [5.74, 6) is -2.16. The zero-order valence-corrected chi connectivity index (χ0v) is 17.8. The molecule has 0 fully saturated rings. The monoisotopic (exact) mass is 449 g/mol. The van der Waals surface area contributed by atoms with Crippen molar-refractivity contribution in [3.63, 3.8) is 0 Å². The summed E-state index contributed by atoms with van der Waals surface area (Å²) in [5, 5.41) is 22.1. The molecule has 0 aliphatic carbocycles. The van der Waals surface area contributed by atoms with Crippen LogP contribution in [0, 0.1) is 11.7 Å². The van der Waals surface area contributed by atoms with Crippen molar-refractivity contribution in [1.82, 2.24) is 9.55 Å². The number of nitrogens with one attached hydrogen (secondary N) is 1. The van der Waals surface area contributed by atoms with Crippen LogP contribution in [0.25, 0.3) is 11.0 Å². The summed E-state index contributed by atoms with van der Waals surface area (Å²) in [6.45, 7) is 3.40. The quantitative estimate of drug-likeness (QED) is 0.502. The first-order valence-electron chi connectivity index (χ1n) is 9.38. The van der Waals surface area contributed by atoms with Gasteiger partial charge in [-0.05, 0) is 24.1 Å². The Morgan fingerprint density at radius 2 is 2.06 bits per heavy atom. The summed E-state index contributed by atoms with van der Waals surface area (Å²) in [7, 11) is 1.35. The molecular weight excluding hydrogens is 429 g/mol. The number of pyridine rings is 2. The molecule has 0 aliphatic heterocycles. The lowest BCUT2D eigenvalue weighted by Gasteiger charge is -2.24. The number of hydrogen-bond donors (Lipinski definition) is 3. The van der Waals surface area contributed by atoms with E-state index in [-0.39, 0.29) is 45.8 Å². The van der Waals surface area contributed by atoms with Gasteiger partial charge in [0.05, 0.1) is 35.9 Å². The van der Waals surface area contributed by atoms with Crippen LogP contribution in [0.3, 0.4) is 0 Å². The highest BCUT2D eigenvalue weighted by atomic mass is 35.5. The molecule has 31 heavy (non-hydrogen) atoms. The lowest BCUT2D eigenvalue weighted by molar-refractivity contribution is 0.0694. The Balaban J connectivity index is 2.32. The van der Waals surface area contributed by atoms with Gasteiger partial charge in [-0.25, -0.2) is 9.18 Å². The van der Waals surface area contributed by atoms with Crippen LogP contribution >= 0.6 is 11.6 Å². The Bertz CT molecular complexity index is 1210. The van der Waals surface area contributed by atoms with Crippen LogP contribution in [-0.4, -0.2) is 39.5 Å². The predicted molar refractivity (Wildman–Crippen MR) is 115 cm³/mol. The van der Waals surface area contributed by atoms with Gasteiger partial charge in [0, 0.05) is 6.20 Å². The van der Waals surface area contributed by atoms with E-state index in [4.69, 9.17) is 16.3 Å². The molecule has 1 unspecified atom stereocenters. The number of benzene rings is 1. The SMILES string of the molecule is COc1nc2c(cc1Nc1cccc(Cl)c1F)c(=O)c(C(=O)O)cn2C(CO)C(C)C. The normalized spacial score (nSPS) is 12.2. The molecule has 164 valence electrons. The van der Waals surface area contributed by atoms with Gasteiger partial charge >= 0.3 is 5.97 Å². The second kappa shape index (κ2) is 8.91. The van der Waals surface area contributed by atoms with E-state index in [2.05, 4.69) is 10.3 Å². The summed E-state index contributed by atoms with van der Waals surface area (Å²) in [6, 6.07) is 5.18. The summed E-state index contributed by atoms with van der Waals surface area (Å²) in [6.07, 6.45) is 1.17. The van der Waals surface area contributed by atoms with Gasteiger partial charge in [0.25, 0.3) is 0 Å². The fraction of sp³-hybridized carbons (Fsp3) is 0.286. The Kier molecular flexibility index (Phi) is 6.47. The number of halogens is 2. The maximum Gasteiger partial charge on any atom is 0.341 e. The Morgan fingerprint density at radius 3 is 2.65 bits per heavy atom. The predicted octanol–water partition coefficient (Wildman–Crippen LogP) is 3.83. The third-order valence-corrected chi connectivity index (χ3v) is 5.22. The lowest BCUT2D eigenvalue weighted by atomic mass is 10.0. The van der Waals surface area contributed by atoms with Crippen molar-refractivity contribution in [2.24, 2.45) is 5.92 Å². The number of aromatic carboxylic acids is 1. The minimum absolute atomic E-state index is 0.0234. The summed E-state index contributed by atoms with van der Waals surface area (Å²) in [5.41, 5.74) is -0.927. The van der Waals surface area contributed by atoms with Crippen LogP contribution in [0.5, 0.6) is 5.88 Å². The molecule has 0 bridgehead atoms. The molecular formula is C21H21ClFN3O5. The second-order valence-corrected chi connectivity index (χ2v) is 7.63. The Hall–Kier alpha value is -3.17. The largest absolute Gasteiger partial charge is 0.479 e. The van der Waals surface area contributed by atoms with Crippen molar-refractivity contribution in [2.45, 2.75) is 19.9 Å². The van der Waals surface area contributed by atoms with Crippen molar-refractivity contribution in [3.8, 4) is 5.88 Å². The highest BCUT2D eigenvalue weighted by Gasteiger charge is 2.24. The lowest BCUT2D eigenvalue weighted by Crippen LogP contribution is -2.26. The average Bonchev–Trinajstić information content (AvgIpc) is 2.72. The number of anilines is 2. The average molecular weight is 450 g/mol. The second-order valence-electron chi connectivity index (χ2n) is 7.22. The Labute approximate surface area is 181 Å². The van der Waals surface area contributed by atoms with Crippen molar-refractivity contribution in [3.05, 3.63) is 57.1 Å². The molecule has 3 rings (SSSR count). The van der Waals surface area contributed by atoms with Crippen molar-refractivity contribution in [1.29, 1.82) is 0 Å². The minimum Gasteiger partial charge on any atom is -0.479 e. The number of carboxylic acid groups (broad SMARTS) is 1. The van der Waals surface area contributed by atoms with Gasteiger partial charge in [-0.15, -0.1) is 0 Å². The molecule has 0 saturated carbocycles. The van der Waals surface area contributed by atoms with Crippen LogP contribution in [-0.2, 0) is 0 Å². The van der Waals surface area contributed by atoms with Crippen LogP contribution in [0.1, 0.15) is 30.2 Å². The zero-order chi connectivity index (χ0) is 22.9. The molecule has 1 aromatic carbocycles. The number of carbonyl (C=O) groups is 1. The van der Waals surface area contributed by atoms with Crippen molar-refractivity contribution < 1.29 is 24.1 Å². The van der Waals surface area contributed by atoms with Crippen molar-refractivity contribution >= 4 is 40.0 Å². The topological polar surface area (TPSA) is 114 Å². The third kappa shape index (κ3) is 4.19. The first-order chi connectivity index (χ1) is 14.7. The van der Waals surface area contributed by atoms with E-state index >= 15 is 0 Å². The molecule has 0 saturated heterocycles. The van der Waals surface area contributed by atoms with E-state index in [1.807, 2.05) is 13.8 Å². The molecule has 2 heterocycles. The van der Waals surface area contributed by atoms with E-state index in [1.165, 1.54) is 36.1 Å². The number of aliphatic hydroxyl groups is 1. The zero-order valence-electron chi connectivity index (χ0n) is 17.0. The molecule has 3 aromatic rings. The van der Waals surface area contributed by atoms with Crippen LogP contribution in [0.2, 0.25) is 5.02 Å². The molecule has 8 nitrogen and oxygen atoms in total. The number of carboxylic acids is 1. The summed E-state index contributed by atoms with van der Waals surface area (Å²) >= 11 is 5.83. The first-order valence-corrected chi connectivity index (χ1v) is 9.76. The molecule has 0 amide bonds. The third-order valence-electron chi connectivity index (χ3n) is 4.93. The van der Waals surface area contributed by atoms with Gasteiger partial charge in [-0.1, -0.05) is 31.5 Å². The van der Waals surface area contributed by atoms with Gasteiger partial charge in [0.1, 0.15) is 16.9 Å². The van der Waals surface area contributed by atoms with Crippen LogP contribution < -0.4 is 15.5 Å². The standard InChI is InChI=1S/C21H21ClFN3O5/c1-10(2)16(9-27)26-8-12(21(29)30)18(28)11-7-15(20(31-3)25-19(11)26)24-14-6-4-5-13(22)17(14)23/h4-8,10,16,24,27H,9H2,1-3H3,(H,29,30). The first kappa shape index (κ1) is 22.5. The van der Waals surface area contributed by atoms with Gasteiger partial charge in [0.2, 0.25) is 11.3 Å². The molecule has 0 spiro atoms. The number of methoxy groups -OCH3 is 1. The number of ether oxygens (including phenoxy) is 1. The van der Waals surface area contributed by atoms with E-state index in [1.54, 1.807) is 6.07 Å². The summed E-state index contributed by atoms with van der Waals surface area (Å²) in [4.78, 5) is 28.9. The van der Waals surface area contributed by atoms with Crippen LogP contribution in [0.4, 0.5) is 15.8 Å². The number of hydrogen-bond acceptors (Lipinski definition) is 6. The maximum absolute atomic E-state index is 14.4. The van der Waals surface area contributed by atoms with Crippen molar-refractivity contribution in [2.75, 3.05) is 19.0 Å². The molecule has 3 N–H and O–H groups in total. The number of aliphatic hydroxyl groups excluding tert-OH is 1. The maximum atomic E-state index is 14.4. The smallest absolute Gasteiger partial charge is 0.341 e. The van der Waals surface area contributed by atoms with Gasteiger partial charge in [-0.2, -0.15) is 4.98 Å². The molecule has 10 heteroatoms. The molecule has 0 radical (unpaired) electrons. The van der Waals surface area contributed by atoms with Gasteiger partial charge in [-0.3, -0.25) is 4.79 Å².